The van der Waals surface area contributed by atoms with E-state index in [1.165, 1.54) is 12.1 Å². The Morgan fingerprint density at radius 2 is 2.25 bits per heavy atom. The molecule has 1 aromatic heterocycles. The van der Waals surface area contributed by atoms with E-state index in [-0.39, 0.29) is 5.82 Å². The zero-order valence-electron chi connectivity index (χ0n) is 11.3. The Hall–Kier alpha value is -1.24. The van der Waals surface area contributed by atoms with E-state index < -0.39 is 0 Å². The highest BCUT2D eigenvalue weighted by atomic mass is 79.9. The van der Waals surface area contributed by atoms with Gasteiger partial charge in [-0.25, -0.2) is 4.39 Å². The molecular formula is C14H17BrFN3O. The van der Waals surface area contributed by atoms with Gasteiger partial charge in [-0.05, 0) is 29.8 Å². The van der Waals surface area contributed by atoms with Crippen molar-refractivity contribution in [1.82, 2.24) is 15.1 Å². The number of aromatic nitrogens is 2. The third kappa shape index (κ3) is 4.13. The topological polar surface area (TPSA) is 39.1 Å². The van der Waals surface area contributed by atoms with Gasteiger partial charge in [0.1, 0.15) is 5.82 Å². The maximum absolute atomic E-state index is 13.3. The minimum Gasteiger partial charge on any atom is -0.383 e. The summed E-state index contributed by atoms with van der Waals surface area (Å²) in [6.45, 7) is 2.69. The van der Waals surface area contributed by atoms with Gasteiger partial charge in [-0.3, -0.25) is 4.68 Å². The molecular weight excluding hydrogens is 325 g/mol. The molecule has 1 aromatic carbocycles. The van der Waals surface area contributed by atoms with Crippen molar-refractivity contribution < 1.29 is 9.13 Å². The SMILES string of the molecule is COCCNCc1ccnn1Cc1cc(F)ccc1Br. The Morgan fingerprint density at radius 3 is 3.05 bits per heavy atom. The van der Waals surface area contributed by atoms with Crippen LogP contribution in [0.4, 0.5) is 4.39 Å². The van der Waals surface area contributed by atoms with Crippen molar-refractivity contribution in [3.05, 3.63) is 52.0 Å². The summed E-state index contributed by atoms with van der Waals surface area (Å²) in [5.41, 5.74) is 1.92. The van der Waals surface area contributed by atoms with Gasteiger partial charge in [0.2, 0.25) is 0 Å². The van der Waals surface area contributed by atoms with Crippen LogP contribution in [0.25, 0.3) is 0 Å². The van der Waals surface area contributed by atoms with Crippen molar-refractivity contribution >= 4 is 15.9 Å². The number of hydrogen-bond donors (Lipinski definition) is 1. The number of nitrogens with zero attached hydrogens (tertiary/aromatic N) is 2. The van der Waals surface area contributed by atoms with Crippen molar-refractivity contribution in [2.45, 2.75) is 13.1 Å². The predicted molar refractivity (Wildman–Crippen MR) is 79.0 cm³/mol. The Bertz CT molecular complexity index is 559. The summed E-state index contributed by atoms with van der Waals surface area (Å²) in [4.78, 5) is 0. The van der Waals surface area contributed by atoms with Crippen molar-refractivity contribution in [2.75, 3.05) is 20.3 Å². The molecule has 0 radical (unpaired) electrons. The molecule has 0 saturated heterocycles. The Morgan fingerprint density at radius 1 is 1.40 bits per heavy atom. The highest BCUT2D eigenvalue weighted by Gasteiger charge is 2.07. The lowest BCUT2D eigenvalue weighted by Crippen LogP contribution is -2.21. The third-order valence-electron chi connectivity index (χ3n) is 2.92. The maximum atomic E-state index is 13.3. The van der Waals surface area contributed by atoms with Crippen molar-refractivity contribution in [2.24, 2.45) is 0 Å². The second-order valence-corrected chi connectivity index (χ2v) is 5.24. The van der Waals surface area contributed by atoms with Crippen LogP contribution in [0.1, 0.15) is 11.3 Å². The molecule has 0 atom stereocenters. The number of rotatable bonds is 7. The number of hydrogen-bond acceptors (Lipinski definition) is 3. The molecule has 0 aliphatic rings. The van der Waals surface area contributed by atoms with Gasteiger partial charge >= 0.3 is 0 Å². The zero-order valence-corrected chi connectivity index (χ0v) is 12.9. The molecule has 0 aliphatic carbocycles. The second-order valence-electron chi connectivity index (χ2n) is 4.39. The van der Waals surface area contributed by atoms with Crippen LogP contribution in [0.3, 0.4) is 0 Å². The molecule has 0 fully saturated rings. The molecule has 0 spiro atoms. The predicted octanol–water partition coefficient (Wildman–Crippen LogP) is 2.57. The number of nitrogens with one attached hydrogen (secondary N) is 1. The van der Waals surface area contributed by atoms with E-state index in [1.54, 1.807) is 19.4 Å². The summed E-state index contributed by atoms with van der Waals surface area (Å²) in [6, 6.07) is 6.62. The van der Waals surface area contributed by atoms with Gasteiger partial charge in [-0.1, -0.05) is 15.9 Å². The smallest absolute Gasteiger partial charge is 0.123 e. The van der Waals surface area contributed by atoms with E-state index in [4.69, 9.17) is 4.74 Å². The maximum Gasteiger partial charge on any atom is 0.123 e. The first kappa shape index (κ1) is 15.2. The molecule has 1 N–H and O–H groups in total. The summed E-state index contributed by atoms with van der Waals surface area (Å²) in [7, 11) is 1.67. The number of halogens is 2. The number of benzene rings is 1. The molecule has 0 aliphatic heterocycles. The van der Waals surface area contributed by atoms with Gasteiger partial charge in [0.15, 0.2) is 0 Å². The summed E-state index contributed by atoms with van der Waals surface area (Å²) < 4.78 is 21.0. The van der Waals surface area contributed by atoms with Gasteiger partial charge in [0.05, 0.1) is 18.8 Å². The fraction of sp³-hybridized carbons (Fsp3) is 0.357. The first-order valence-corrected chi connectivity index (χ1v) is 7.14. The first-order chi connectivity index (χ1) is 9.70. The van der Waals surface area contributed by atoms with E-state index in [0.717, 1.165) is 22.3 Å². The molecule has 6 heteroatoms. The van der Waals surface area contributed by atoms with Crippen molar-refractivity contribution in [3.63, 3.8) is 0 Å². The van der Waals surface area contributed by atoms with Crippen LogP contribution in [-0.4, -0.2) is 30.0 Å². The van der Waals surface area contributed by atoms with E-state index in [1.807, 2.05) is 10.7 Å². The molecule has 2 rings (SSSR count). The first-order valence-electron chi connectivity index (χ1n) is 6.35. The molecule has 1 heterocycles. The van der Waals surface area contributed by atoms with E-state index in [9.17, 15) is 4.39 Å². The molecule has 4 nitrogen and oxygen atoms in total. The van der Waals surface area contributed by atoms with Crippen LogP contribution in [0.5, 0.6) is 0 Å². The van der Waals surface area contributed by atoms with Crippen LogP contribution in [0.2, 0.25) is 0 Å². The van der Waals surface area contributed by atoms with Crippen LogP contribution < -0.4 is 5.32 Å². The molecule has 0 saturated carbocycles. The lowest BCUT2D eigenvalue weighted by atomic mass is 10.2. The van der Waals surface area contributed by atoms with E-state index in [2.05, 4.69) is 26.3 Å². The molecule has 0 amide bonds. The van der Waals surface area contributed by atoms with Crippen LogP contribution in [-0.2, 0) is 17.8 Å². The van der Waals surface area contributed by atoms with Gasteiger partial charge < -0.3 is 10.1 Å². The minimum atomic E-state index is -0.241. The number of methoxy groups -OCH3 is 1. The average Bonchev–Trinajstić information content (AvgIpc) is 2.86. The quantitative estimate of drug-likeness (QED) is 0.786. The third-order valence-corrected chi connectivity index (χ3v) is 3.70. The fourth-order valence-corrected chi connectivity index (χ4v) is 2.24. The average molecular weight is 342 g/mol. The van der Waals surface area contributed by atoms with E-state index >= 15 is 0 Å². The molecule has 0 bridgehead atoms. The lowest BCUT2D eigenvalue weighted by Gasteiger charge is -2.10. The standard InChI is InChI=1S/C14H17BrFN3O/c1-20-7-6-17-9-13-4-5-18-19(13)10-11-8-12(16)2-3-14(11)15/h2-5,8,17H,6-7,9-10H2,1H3. The van der Waals surface area contributed by atoms with Gasteiger partial charge in [-0.2, -0.15) is 5.10 Å². The van der Waals surface area contributed by atoms with Crippen molar-refractivity contribution in [1.29, 1.82) is 0 Å². The summed E-state index contributed by atoms with van der Waals surface area (Å²) >= 11 is 3.43. The highest BCUT2D eigenvalue weighted by Crippen LogP contribution is 2.19. The van der Waals surface area contributed by atoms with Crippen molar-refractivity contribution in [3.8, 4) is 0 Å². The number of ether oxygens (including phenoxy) is 1. The minimum absolute atomic E-state index is 0.241. The second kappa shape index (κ2) is 7.52. The van der Waals surface area contributed by atoms with Crippen LogP contribution >= 0.6 is 15.9 Å². The van der Waals surface area contributed by atoms with Crippen LogP contribution in [0.15, 0.2) is 34.9 Å². The Kier molecular flexibility index (Phi) is 5.70. The highest BCUT2D eigenvalue weighted by molar-refractivity contribution is 9.10. The molecule has 2 aromatic rings. The zero-order chi connectivity index (χ0) is 14.4. The molecule has 0 unspecified atom stereocenters. The fourth-order valence-electron chi connectivity index (χ4n) is 1.87. The molecule has 20 heavy (non-hydrogen) atoms. The summed E-state index contributed by atoms with van der Waals surface area (Å²) in [6.07, 6.45) is 1.75. The lowest BCUT2D eigenvalue weighted by molar-refractivity contribution is 0.199. The van der Waals surface area contributed by atoms with Gasteiger partial charge in [0.25, 0.3) is 0 Å². The van der Waals surface area contributed by atoms with E-state index in [0.29, 0.717) is 19.7 Å². The van der Waals surface area contributed by atoms with Gasteiger partial charge in [-0.15, -0.1) is 0 Å². The van der Waals surface area contributed by atoms with Crippen LogP contribution in [0, 0.1) is 5.82 Å². The Labute approximate surface area is 126 Å². The van der Waals surface area contributed by atoms with Gasteiger partial charge in [0, 0.05) is 30.9 Å². The largest absolute Gasteiger partial charge is 0.383 e. The Balaban J connectivity index is 2.02. The monoisotopic (exact) mass is 341 g/mol. The normalized spacial score (nSPS) is 10.9. The molecule has 108 valence electrons. The summed E-state index contributed by atoms with van der Waals surface area (Å²) in [5, 5.41) is 7.55. The summed E-state index contributed by atoms with van der Waals surface area (Å²) in [5.74, 6) is -0.241.